The smallest absolute Gasteiger partial charge is 0.0812 e. The Morgan fingerprint density at radius 1 is 0.512 bits per heavy atom. The Kier molecular flexibility index (Phi) is 6.23. The van der Waals surface area contributed by atoms with E-state index in [1.807, 2.05) is 13.8 Å². The minimum atomic E-state index is 0.860. The van der Waals surface area contributed by atoms with E-state index in [1.54, 1.807) is 11.1 Å². The molecular formula is C42H33B. The third-order valence-electron chi connectivity index (χ3n) is 9.62. The van der Waals surface area contributed by atoms with Gasteiger partial charge in [-0.2, -0.15) is 0 Å². The van der Waals surface area contributed by atoms with Crippen LogP contribution in [0.2, 0.25) is 0 Å². The molecule has 0 bridgehead atoms. The van der Waals surface area contributed by atoms with Crippen molar-refractivity contribution in [3.05, 3.63) is 130 Å². The highest BCUT2D eigenvalue weighted by molar-refractivity contribution is 6.47. The second-order valence-electron chi connectivity index (χ2n) is 11.6. The molecule has 0 unspecified atom stereocenters. The average molecular weight is 549 g/mol. The molecule has 0 N–H and O–H groups in total. The summed E-state index contributed by atoms with van der Waals surface area (Å²) < 4.78 is 0. The van der Waals surface area contributed by atoms with E-state index in [9.17, 15) is 0 Å². The predicted molar refractivity (Wildman–Crippen MR) is 188 cm³/mol. The molecule has 0 aromatic heterocycles. The number of benzene rings is 7. The highest BCUT2D eigenvalue weighted by Gasteiger charge is 2.21. The third-order valence-corrected chi connectivity index (χ3v) is 9.62. The minimum absolute atomic E-state index is 0.860. The molecule has 43 heavy (non-hydrogen) atoms. The van der Waals surface area contributed by atoms with E-state index in [-0.39, 0.29) is 0 Å². The zero-order valence-corrected chi connectivity index (χ0v) is 24.9. The molecule has 0 saturated heterocycles. The first-order valence-electron chi connectivity index (χ1n) is 15.8. The fourth-order valence-electron chi connectivity index (χ4n) is 7.83. The molecule has 0 nitrogen and oxygen atoms in total. The Morgan fingerprint density at radius 3 is 1.93 bits per heavy atom. The first-order chi connectivity index (χ1) is 21.3. The Hall–Kier alpha value is -4.62. The summed E-state index contributed by atoms with van der Waals surface area (Å²) >= 11 is 0. The van der Waals surface area contributed by atoms with E-state index in [1.165, 1.54) is 64.7 Å². The van der Waals surface area contributed by atoms with E-state index in [0.29, 0.717) is 0 Å². The number of hydrogen-bond donors (Lipinski definition) is 0. The first-order valence-corrected chi connectivity index (χ1v) is 15.8. The molecule has 7 aromatic rings. The van der Waals surface area contributed by atoms with Crippen molar-refractivity contribution in [2.75, 3.05) is 0 Å². The second-order valence-corrected chi connectivity index (χ2v) is 11.6. The normalized spacial score (nSPS) is 14.1. The maximum atomic E-state index is 6.76. The monoisotopic (exact) mass is 548 g/mol. The molecular weight excluding hydrogens is 515 g/mol. The van der Waals surface area contributed by atoms with Gasteiger partial charge in [-0.15, -0.1) is 0 Å². The van der Waals surface area contributed by atoms with Gasteiger partial charge in [0, 0.05) is 0 Å². The van der Waals surface area contributed by atoms with Crippen LogP contribution in [-0.4, -0.2) is 7.85 Å². The summed E-state index contributed by atoms with van der Waals surface area (Å²) in [6.07, 6.45) is 6.82. The summed E-state index contributed by atoms with van der Waals surface area (Å²) in [5.74, 6) is 0. The van der Waals surface area contributed by atoms with Crippen LogP contribution in [-0.2, 0) is 6.42 Å². The Morgan fingerprint density at radius 2 is 1.16 bits per heavy atom. The molecule has 0 amide bonds. The van der Waals surface area contributed by atoms with Crippen LogP contribution in [0.25, 0.3) is 71.4 Å². The zero-order valence-electron chi connectivity index (χ0n) is 24.9. The van der Waals surface area contributed by atoms with Crippen LogP contribution in [0.15, 0.2) is 109 Å². The molecule has 2 aliphatic rings. The van der Waals surface area contributed by atoms with Crippen molar-refractivity contribution in [3.8, 4) is 11.1 Å². The van der Waals surface area contributed by atoms with Gasteiger partial charge in [-0.25, -0.2) is 0 Å². The maximum Gasteiger partial charge on any atom is 0.115 e. The van der Waals surface area contributed by atoms with Crippen molar-refractivity contribution in [1.29, 1.82) is 0 Å². The van der Waals surface area contributed by atoms with Crippen LogP contribution in [0.1, 0.15) is 38.7 Å². The van der Waals surface area contributed by atoms with Gasteiger partial charge in [0.1, 0.15) is 7.85 Å². The Balaban J connectivity index is 0.00000136. The van der Waals surface area contributed by atoms with Gasteiger partial charge in [0.05, 0.1) is 0 Å². The van der Waals surface area contributed by atoms with Gasteiger partial charge in [-0.05, 0) is 112 Å². The van der Waals surface area contributed by atoms with Gasteiger partial charge in [-0.1, -0.05) is 135 Å². The van der Waals surface area contributed by atoms with Gasteiger partial charge in [0.15, 0.2) is 0 Å². The summed E-state index contributed by atoms with van der Waals surface area (Å²) in [6.45, 7) is 4.00. The molecule has 2 radical (unpaired) electrons. The van der Waals surface area contributed by atoms with Crippen molar-refractivity contribution in [3.63, 3.8) is 0 Å². The van der Waals surface area contributed by atoms with E-state index in [2.05, 4.69) is 115 Å². The van der Waals surface area contributed by atoms with Crippen LogP contribution in [0.5, 0.6) is 0 Å². The SMILES string of the molecule is CC.[B]c1c2ccccc2c(-c2ccc3ccc4c5c(ccc2c35)CCC=4C2=c3ccccc3=CCC2)c2ccccc12. The maximum absolute atomic E-state index is 6.76. The Labute approximate surface area is 254 Å². The highest BCUT2D eigenvalue weighted by Crippen LogP contribution is 2.42. The van der Waals surface area contributed by atoms with Gasteiger partial charge in [0.25, 0.3) is 0 Å². The van der Waals surface area contributed by atoms with Crippen molar-refractivity contribution in [2.45, 2.75) is 39.5 Å². The summed E-state index contributed by atoms with van der Waals surface area (Å²) in [5.41, 5.74) is 7.98. The molecule has 204 valence electrons. The number of fused-ring (bicyclic) bond motifs is 3. The first kappa shape index (κ1) is 26.0. The number of hydrogen-bond acceptors (Lipinski definition) is 0. The lowest BCUT2D eigenvalue weighted by Crippen LogP contribution is -2.31. The van der Waals surface area contributed by atoms with Crippen molar-refractivity contribution in [1.82, 2.24) is 0 Å². The largest absolute Gasteiger partial charge is 0.115 e. The predicted octanol–water partition coefficient (Wildman–Crippen LogP) is 8.03. The summed E-state index contributed by atoms with van der Waals surface area (Å²) in [6, 6.07) is 40.4. The lowest BCUT2D eigenvalue weighted by Gasteiger charge is -2.24. The quantitative estimate of drug-likeness (QED) is 0.152. The van der Waals surface area contributed by atoms with Gasteiger partial charge < -0.3 is 0 Å². The molecule has 2 aliphatic carbocycles. The van der Waals surface area contributed by atoms with Crippen molar-refractivity contribution >= 4 is 73.6 Å². The van der Waals surface area contributed by atoms with Crippen LogP contribution in [0.3, 0.4) is 0 Å². The van der Waals surface area contributed by atoms with E-state index < -0.39 is 0 Å². The number of rotatable bonds is 2. The average Bonchev–Trinajstić information content (AvgIpc) is 3.08. The van der Waals surface area contributed by atoms with E-state index in [4.69, 9.17) is 7.85 Å². The van der Waals surface area contributed by atoms with Crippen LogP contribution >= 0.6 is 0 Å². The summed E-state index contributed by atoms with van der Waals surface area (Å²) in [5, 5.41) is 14.4. The molecule has 0 heterocycles. The lowest BCUT2D eigenvalue weighted by atomic mass is 9.78. The van der Waals surface area contributed by atoms with E-state index in [0.717, 1.165) is 41.9 Å². The van der Waals surface area contributed by atoms with Crippen molar-refractivity contribution < 1.29 is 0 Å². The molecule has 1 heteroatoms. The highest BCUT2D eigenvalue weighted by atomic mass is 14.2. The minimum Gasteiger partial charge on any atom is -0.0812 e. The molecule has 0 fully saturated rings. The molecule has 0 aliphatic heterocycles. The van der Waals surface area contributed by atoms with Gasteiger partial charge in [-0.3, -0.25) is 0 Å². The Bertz CT molecular complexity index is 2370. The van der Waals surface area contributed by atoms with Gasteiger partial charge >= 0.3 is 0 Å². The third kappa shape index (κ3) is 3.84. The molecule has 9 rings (SSSR count). The molecule has 0 atom stereocenters. The molecule has 0 spiro atoms. The summed E-state index contributed by atoms with van der Waals surface area (Å²) in [7, 11) is 6.76. The topological polar surface area (TPSA) is 0 Å². The lowest BCUT2D eigenvalue weighted by molar-refractivity contribution is 0.991. The summed E-state index contributed by atoms with van der Waals surface area (Å²) in [4.78, 5) is 0. The number of aryl methyl sites for hydroxylation is 1. The second kappa shape index (κ2) is 10.3. The van der Waals surface area contributed by atoms with Crippen LogP contribution in [0.4, 0.5) is 0 Å². The standard InChI is InChI=1S/C40H27B.C2H6/c41-40-35-13-5-3-11-30(35)39(31-12-4-6-14-36(31)40)34-23-19-26-17-21-32-29(20-16-25-18-22-33(34)38(26)37(25)32)28-15-7-9-24-8-1-2-10-27(24)28;1-2/h1-6,8-14,17-19,21-23H,7,15-16,20H2;1-2H3. The van der Waals surface area contributed by atoms with E-state index >= 15 is 0 Å². The van der Waals surface area contributed by atoms with Crippen molar-refractivity contribution in [2.24, 2.45) is 0 Å². The fraction of sp³-hybridized carbons (Fsp3) is 0.143. The molecule has 7 aromatic carbocycles. The fourth-order valence-corrected chi connectivity index (χ4v) is 7.83. The van der Waals surface area contributed by atoms with Crippen LogP contribution in [0, 0.1) is 0 Å². The zero-order chi connectivity index (χ0) is 29.1. The molecule has 0 saturated carbocycles. The van der Waals surface area contributed by atoms with Crippen LogP contribution < -0.4 is 21.1 Å². The van der Waals surface area contributed by atoms with Gasteiger partial charge in [0.2, 0.25) is 0 Å².